The minimum absolute atomic E-state index is 0.0128. The summed E-state index contributed by atoms with van der Waals surface area (Å²) in [5.41, 5.74) is 0. The molecule has 0 amide bonds. The maximum atomic E-state index is 11.8. The van der Waals surface area contributed by atoms with Gasteiger partial charge in [0.15, 0.2) is 5.82 Å². The van der Waals surface area contributed by atoms with E-state index in [1.54, 1.807) is 0 Å². The van der Waals surface area contributed by atoms with Crippen LogP contribution in [0.4, 0.5) is 13.2 Å². The van der Waals surface area contributed by atoms with Crippen LogP contribution in [-0.2, 0) is 11.3 Å². The van der Waals surface area contributed by atoms with Gasteiger partial charge < -0.3 is 14.6 Å². The highest BCUT2D eigenvalue weighted by molar-refractivity contribution is 4.94. The van der Waals surface area contributed by atoms with Gasteiger partial charge in [0, 0.05) is 0 Å². The van der Waals surface area contributed by atoms with Gasteiger partial charge in [0.1, 0.15) is 13.2 Å². The van der Waals surface area contributed by atoms with Crippen LogP contribution in [0.25, 0.3) is 0 Å². The topological polar surface area (TPSA) is 60.2 Å². The van der Waals surface area contributed by atoms with E-state index in [4.69, 9.17) is 4.52 Å². The summed E-state index contributed by atoms with van der Waals surface area (Å²) >= 11 is 0. The molecule has 96 valence electrons. The maximum absolute atomic E-state index is 11.8. The summed E-state index contributed by atoms with van der Waals surface area (Å²) in [6.07, 6.45) is -2.42. The lowest BCUT2D eigenvalue weighted by Crippen LogP contribution is -2.17. The van der Waals surface area contributed by atoms with Gasteiger partial charge in [-0.3, -0.25) is 0 Å². The quantitative estimate of drug-likeness (QED) is 0.880. The third-order valence-electron chi connectivity index (χ3n) is 2.34. The normalized spacial score (nSPS) is 21.0. The largest absolute Gasteiger partial charge is 0.411 e. The molecule has 1 N–H and O–H groups in total. The Kier molecular flexibility index (Phi) is 3.63. The van der Waals surface area contributed by atoms with Crippen molar-refractivity contribution in [3.63, 3.8) is 0 Å². The van der Waals surface area contributed by atoms with Crippen LogP contribution in [0.3, 0.4) is 0 Å². The van der Waals surface area contributed by atoms with E-state index < -0.39 is 12.8 Å². The molecule has 0 aromatic carbocycles. The number of ether oxygens (including phenoxy) is 1. The molecule has 2 heterocycles. The summed E-state index contributed by atoms with van der Waals surface area (Å²) < 4.78 is 44.8. The van der Waals surface area contributed by atoms with E-state index in [1.807, 2.05) is 0 Å². The van der Waals surface area contributed by atoms with Crippen molar-refractivity contribution in [3.8, 4) is 0 Å². The van der Waals surface area contributed by atoms with Crippen molar-refractivity contribution in [2.75, 3.05) is 13.2 Å². The fourth-order valence-corrected chi connectivity index (χ4v) is 1.62. The first-order valence-corrected chi connectivity index (χ1v) is 5.25. The highest BCUT2D eigenvalue weighted by Gasteiger charge is 2.28. The van der Waals surface area contributed by atoms with Crippen LogP contribution in [-0.4, -0.2) is 29.5 Å². The Morgan fingerprint density at radius 2 is 2.29 bits per heavy atom. The minimum atomic E-state index is -4.33. The van der Waals surface area contributed by atoms with Crippen molar-refractivity contribution < 1.29 is 22.4 Å². The van der Waals surface area contributed by atoms with E-state index in [2.05, 4.69) is 20.2 Å². The van der Waals surface area contributed by atoms with E-state index in [0.29, 0.717) is 5.89 Å². The number of aromatic nitrogens is 2. The predicted octanol–water partition coefficient (Wildman–Crippen LogP) is 1.57. The second-order valence-corrected chi connectivity index (χ2v) is 3.81. The van der Waals surface area contributed by atoms with Crippen molar-refractivity contribution in [2.45, 2.75) is 31.7 Å². The molecular weight excluding hydrogens is 239 g/mol. The first-order valence-electron chi connectivity index (χ1n) is 5.25. The van der Waals surface area contributed by atoms with Crippen LogP contribution in [0.5, 0.6) is 0 Å². The average molecular weight is 251 g/mol. The molecule has 1 atom stereocenters. The van der Waals surface area contributed by atoms with Crippen LogP contribution < -0.4 is 5.32 Å². The zero-order chi connectivity index (χ0) is 12.3. The van der Waals surface area contributed by atoms with Crippen LogP contribution in [0, 0.1) is 0 Å². The first kappa shape index (κ1) is 12.3. The van der Waals surface area contributed by atoms with Gasteiger partial charge in [-0.15, -0.1) is 0 Å². The van der Waals surface area contributed by atoms with E-state index >= 15 is 0 Å². The van der Waals surface area contributed by atoms with E-state index in [0.717, 1.165) is 19.4 Å². The Bertz CT molecular complexity index is 361. The molecule has 1 saturated heterocycles. The Balaban J connectivity index is 1.81. The monoisotopic (exact) mass is 251 g/mol. The molecule has 0 saturated carbocycles. The lowest BCUT2D eigenvalue weighted by atomic mass is 10.2. The zero-order valence-corrected chi connectivity index (χ0v) is 8.96. The number of rotatable bonds is 4. The minimum Gasteiger partial charge on any atom is -0.364 e. The van der Waals surface area contributed by atoms with Crippen LogP contribution in [0.2, 0.25) is 0 Å². The smallest absolute Gasteiger partial charge is 0.364 e. The summed E-state index contributed by atoms with van der Waals surface area (Å²) in [6, 6.07) is 0.0128. The molecule has 2 rings (SSSR count). The van der Waals surface area contributed by atoms with Gasteiger partial charge >= 0.3 is 6.18 Å². The molecule has 8 heteroatoms. The standard InChI is InChI=1S/C9H12F3N3O2/c10-9(11,12)5-16-4-7-14-8(17-15-7)6-2-1-3-13-6/h6,13H,1-5H2/t6-/m0/s1. The molecule has 0 radical (unpaired) electrons. The third kappa shape index (κ3) is 3.67. The number of nitrogens with one attached hydrogen (secondary N) is 1. The van der Waals surface area contributed by atoms with Gasteiger partial charge in [0.2, 0.25) is 5.89 Å². The fraction of sp³-hybridized carbons (Fsp3) is 0.778. The van der Waals surface area contributed by atoms with E-state index in [-0.39, 0.29) is 18.5 Å². The van der Waals surface area contributed by atoms with Crippen LogP contribution in [0.15, 0.2) is 4.52 Å². The van der Waals surface area contributed by atoms with E-state index in [1.165, 1.54) is 0 Å². The van der Waals surface area contributed by atoms with Crippen molar-refractivity contribution in [1.29, 1.82) is 0 Å². The van der Waals surface area contributed by atoms with Gasteiger partial charge in [-0.25, -0.2) is 0 Å². The van der Waals surface area contributed by atoms with Gasteiger partial charge in [-0.05, 0) is 19.4 Å². The lowest BCUT2D eigenvalue weighted by molar-refractivity contribution is -0.177. The molecular formula is C9H12F3N3O2. The summed E-state index contributed by atoms with van der Waals surface area (Å²) in [4.78, 5) is 3.98. The number of hydrogen-bond acceptors (Lipinski definition) is 5. The summed E-state index contributed by atoms with van der Waals surface area (Å²) in [6.45, 7) is -0.721. The van der Waals surface area contributed by atoms with Crippen LogP contribution >= 0.6 is 0 Å². The summed E-state index contributed by atoms with van der Waals surface area (Å²) in [5, 5.41) is 6.71. The molecule has 0 unspecified atom stereocenters. The van der Waals surface area contributed by atoms with Crippen molar-refractivity contribution in [1.82, 2.24) is 15.5 Å². The zero-order valence-electron chi connectivity index (χ0n) is 8.96. The van der Waals surface area contributed by atoms with Crippen molar-refractivity contribution >= 4 is 0 Å². The molecule has 0 spiro atoms. The number of alkyl halides is 3. The molecule has 17 heavy (non-hydrogen) atoms. The molecule has 1 aromatic heterocycles. The molecule has 0 bridgehead atoms. The Hall–Kier alpha value is -1.15. The SMILES string of the molecule is FC(F)(F)COCc1noc([C@@H]2CCCN2)n1. The summed E-state index contributed by atoms with van der Waals surface area (Å²) in [5.74, 6) is 0.547. The molecule has 1 aliphatic heterocycles. The highest BCUT2D eigenvalue weighted by Crippen LogP contribution is 2.21. The molecule has 1 aliphatic rings. The average Bonchev–Trinajstić information content (AvgIpc) is 2.83. The summed E-state index contributed by atoms with van der Waals surface area (Å²) in [7, 11) is 0. The van der Waals surface area contributed by atoms with Gasteiger partial charge in [-0.1, -0.05) is 5.16 Å². The lowest BCUT2D eigenvalue weighted by Gasteiger charge is -2.04. The van der Waals surface area contributed by atoms with Gasteiger partial charge in [0.05, 0.1) is 6.04 Å². The first-order chi connectivity index (χ1) is 8.04. The number of nitrogens with zero attached hydrogens (tertiary/aromatic N) is 2. The second kappa shape index (κ2) is 5.01. The molecule has 1 fully saturated rings. The Labute approximate surface area is 95.3 Å². The number of halogens is 3. The third-order valence-corrected chi connectivity index (χ3v) is 2.34. The maximum Gasteiger partial charge on any atom is 0.411 e. The van der Waals surface area contributed by atoms with Crippen molar-refractivity contribution in [2.24, 2.45) is 0 Å². The predicted molar refractivity (Wildman–Crippen MR) is 50.0 cm³/mol. The van der Waals surface area contributed by atoms with E-state index in [9.17, 15) is 13.2 Å². The van der Waals surface area contributed by atoms with Crippen LogP contribution in [0.1, 0.15) is 30.6 Å². The number of hydrogen-bond donors (Lipinski definition) is 1. The second-order valence-electron chi connectivity index (χ2n) is 3.81. The van der Waals surface area contributed by atoms with Crippen molar-refractivity contribution in [3.05, 3.63) is 11.7 Å². The fourth-order valence-electron chi connectivity index (χ4n) is 1.62. The molecule has 1 aromatic rings. The van der Waals surface area contributed by atoms with Gasteiger partial charge in [0.25, 0.3) is 0 Å². The Morgan fingerprint density at radius 3 is 2.94 bits per heavy atom. The highest BCUT2D eigenvalue weighted by atomic mass is 19.4. The Morgan fingerprint density at radius 1 is 1.47 bits per heavy atom. The molecule has 0 aliphatic carbocycles. The van der Waals surface area contributed by atoms with Gasteiger partial charge in [-0.2, -0.15) is 18.2 Å². The molecule has 5 nitrogen and oxygen atoms in total.